The van der Waals surface area contributed by atoms with Crippen LogP contribution in [0.3, 0.4) is 0 Å². The molecular weight excluding hydrogens is 304 g/mol. The van der Waals surface area contributed by atoms with Crippen molar-refractivity contribution < 1.29 is 4.74 Å². The molecule has 2 aromatic rings. The summed E-state index contributed by atoms with van der Waals surface area (Å²) in [5, 5.41) is 0. The van der Waals surface area contributed by atoms with E-state index in [1.807, 2.05) is 24.3 Å². The molecule has 2 rings (SSSR count). The van der Waals surface area contributed by atoms with E-state index in [1.165, 1.54) is 0 Å². The molecule has 1 unspecified atom stereocenters. The van der Waals surface area contributed by atoms with E-state index in [-0.39, 0.29) is 6.04 Å². The van der Waals surface area contributed by atoms with Gasteiger partial charge in [-0.1, -0.05) is 22.9 Å². The summed E-state index contributed by atoms with van der Waals surface area (Å²) >= 11 is 3.48. The van der Waals surface area contributed by atoms with E-state index >= 15 is 0 Å². The van der Waals surface area contributed by atoms with Crippen LogP contribution in [-0.4, -0.2) is 11.0 Å². The lowest BCUT2D eigenvalue weighted by Crippen LogP contribution is -2.21. The van der Waals surface area contributed by atoms with Gasteiger partial charge in [0.05, 0.1) is 6.20 Å². The molecule has 1 aromatic heterocycles. The molecule has 0 spiro atoms. The van der Waals surface area contributed by atoms with Gasteiger partial charge < -0.3 is 10.5 Å². The zero-order valence-electron chi connectivity index (χ0n) is 10.8. The van der Waals surface area contributed by atoms with Gasteiger partial charge in [0.1, 0.15) is 11.5 Å². The van der Waals surface area contributed by atoms with E-state index in [0.29, 0.717) is 0 Å². The smallest absolute Gasteiger partial charge is 0.145 e. The number of halogens is 1. The van der Waals surface area contributed by atoms with Crippen molar-refractivity contribution in [2.75, 3.05) is 0 Å². The van der Waals surface area contributed by atoms with Gasteiger partial charge in [-0.15, -0.1) is 0 Å². The predicted octanol–water partition coefficient (Wildman–Crippen LogP) is 3.92. The van der Waals surface area contributed by atoms with Crippen LogP contribution in [0.2, 0.25) is 0 Å². The van der Waals surface area contributed by atoms with E-state index in [9.17, 15) is 0 Å². The van der Waals surface area contributed by atoms with Crippen LogP contribution in [0.15, 0.2) is 47.2 Å². The van der Waals surface area contributed by atoms with Gasteiger partial charge in [0.25, 0.3) is 0 Å². The SMILES string of the molecule is CCC(N)Cc1cc(Br)ccc1Oc1cccnc1. The summed E-state index contributed by atoms with van der Waals surface area (Å²) in [4.78, 5) is 4.05. The molecule has 2 N–H and O–H groups in total. The van der Waals surface area contributed by atoms with E-state index in [1.54, 1.807) is 12.4 Å². The fourth-order valence-electron chi connectivity index (χ4n) is 1.77. The van der Waals surface area contributed by atoms with Crippen molar-refractivity contribution in [1.82, 2.24) is 4.98 Å². The van der Waals surface area contributed by atoms with Gasteiger partial charge in [0.15, 0.2) is 0 Å². The van der Waals surface area contributed by atoms with Crippen LogP contribution in [0, 0.1) is 0 Å². The summed E-state index contributed by atoms with van der Waals surface area (Å²) in [6.07, 6.45) is 5.16. The minimum Gasteiger partial charge on any atom is -0.455 e. The molecule has 0 aliphatic rings. The third kappa shape index (κ3) is 4.04. The van der Waals surface area contributed by atoms with Crippen LogP contribution in [0.4, 0.5) is 0 Å². The zero-order valence-corrected chi connectivity index (χ0v) is 12.4. The summed E-state index contributed by atoms with van der Waals surface area (Å²) < 4.78 is 6.90. The highest BCUT2D eigenvalue weighted by atomic mass is 79.9. The number of nitrogens with two attached hydrogens (primary N) is 1. The van der Waals surface area contributed by atoms with Crippen LogP contribution in [0.5, 0.6) is 11.5 Å². The summed E-state index contributed by atoms with van der Waals surface area (Å²) in [5.74, 6) is 1.57. The molecule has 0 saturated carbocycles. The van der Waals surface area contributed by atoms with Crippen molar-refractivity contribution in [2.45, 2.75) is 25.8 Å². The second-order valence-corrected chi connectivity index (χ2v) is 5.33. The number of nitrogens with zero attached hydrogens (tertiary/aromatic N) is 1. The Hall–Kier alpha value is -1.39. The van der Waals surface area contributed by atoms with Crippen LogP contribution in [0.25, 0.3) is 0 Å². The third-order valence-electron chi connectivity index (χ3n) is 2.89. The maximum absolute atomic E-state index is 6.03. The molecule has 0 bridgehead atoms. The molecule has 0 amide bonds. The fraction of sp³-hybridized carbons (Fsp3) is 0.267. The van der Waals surface area contributed by atoms with Crippen molar-refractivity contribution in [3.8, 4) is 11.5 Å². The summed E-state index contributed by atoms with van der Waals surface area (Å²) in [7, 11) is 0. The topological polar surface area (TPSA) is 48.1 Å². The molecule has 0 aliphatic heterocycles. The molecule has 4 heteroatoms. The highest BCUT2D eigenvalue weighted by molar-refractivity contribution is 9.10. The highest BCUT2D eigenvalue weighted by Gasteiger charge is 2.09. The van der Waals surface area contributed by atoms with Crippen LogP contribution in [0.1, 0.15) is 18.9 Å². The van der Waals surface area contributed by atoms with Crippen LogP contribution >= 0.6 is 15.9 Å². The molecule has 3 nitrogen and oxygen atoms in total. The highest BCUT2D eigenvalue weighted by Crippen LogP contribution is 2.28. The Morgan fingerprint density at radius 1 is 1.37 bits per heavy atom. The Labute approximate surface area is 121 Å². The lowest BCUT2D eigenvalue weighted by molar-refractivity contribution is 0.470. The second-order valence-electron chi connectivity index (χ2n) is 4.42. The molecule has 1 aromatic carbocycles. The van der Waals surface area contributed by atoms with E-state index < -0.39 is 0 Å². The van der Waals surface area contributed by atoms with Crippen molar-refractivity contribution in [3.63, 3.8) is 0 Å². The largest absolute Gasteiger partial charge is 0.455 e. The van der Waals surface area contributed by atoms with Crippen LogP contribution < -0.4 is 10.5 Å². The van der Waals surface area contributed by atoms with Gasteiger partial charge in [-0.2, -0.15) is 0 Å². The number of hydrogen-bond donors (Lipinski definition) is 1. The molecule has 0 radical (unpaired) electrons. The standard InChI is InChI=1S/C15H17BrN2O/c1-2-13(17)9-11-8-12(16)5-6-15(11)19-14-4-3-7-18-10-14/h3-8,10,13H,2,9,17H2,1H3. The van der Waals surface area contributed by atoms with Crippen LogP contribution in [-0.2, 0) is 6.42 Å². The van der Waals surface area contributed by atoms with Crippen molar-refractivity contribution in [1.29, 1.82) is 0 Å². The van der Waals surface area contributed by atoms with Gasteiger partial charge in [-0.25, -0.2) is 0 Å². The lowest BCUT2D eigenvalue weighted by Gasteiger charge is -2.14. The Morgan fingerprint density at radius 2 is 2.21 bits per heavy atom. The molecule has 0 saturated heterocycles. The Bertz CT molecular complexity index is 531. The van der Waals surface area contributed by atoms with Gasteiger partial charge >= 0.3 is 0 Å². The Morgan fingerprint density at radius 3 is 2.89 bits per heavy atom. The number of aromatic nitrogens is 1. The molecule has 0 fully saturated rings. The monoisotopic (exact) mass is 320 g/mol. The van der Waals surface area contributed by atoms with E-state index in [2.05, 4.69) is 33.9 Å². The number of pyridine rings is 1. The normalized spacial score (nSPS) is 12.2. The summed E-state index contributed by atoms with van der Waals surface area (Å²) in [6, 6.07) is 9.86. The minimum atomic E-state index is 0.144. The van der Waals surface area contributed by atoms with Crippen molar-refractivity contribution in [2.24, 2.45) is 5.73 Å². The first kappa shape index (κ1) is 14.0. The lowest BCUT2D eigenvalue weighted by atomic mass is 10.0. The zero-order chi connectivity index (χ0) is 13.7. The molecule has 19 heavy (non-hydrogen) atoms. The molecule has 1 heterocycles. The summed E-state index contributed by atoms with van der Waals surface area (Å²) in [5.41, 5.74) is 7.14. The van der Waals surface area contributed by atoms with Gasteiger partial charge in [0.2, 0.25) is 0 Å². The van der Waals surface area contributed by atoms with E-state index in [0.717, 1.165) is 34.4 Å². The number of benzene rings is 1. The average Bonchev–Trinajstić information content (AvgIpc) is 2.43. The number of rotatable bonds is 5. The average molecular weight is 321 g/mol. The Balaban J connectivity index is 2.24. The van der Waals surface area contributed by atoms with Crippen molar-refractivity contribution >= 4 is 15.9 Å². The molecular formula is C15H17BrN2O. The maximum Gasteiger partial charge on any atom is 0.145 e. The molecule has 1 atom stereocenters. The van der Waals surface area contributed by atoms with E-state index in [4.69, 9.17) is 10.5 Å². The fourth-order valence-corrected chi connectivity index (χ4v) is 2.18. The molecule has 100 valence electrons. The first-order chi connectivity index (χ1) is 9.19. The number of hydrogen-bond acceptors (Lipinski definition) is 3. The summed E-state index contributed by atoms with van der Waals surface area (Å²) in [6.45, 7) is 2.09. The van der Waals surface area contributed by atoms with Gasteiger partial charge in [-0.05, 0) is 48.7 Å². The first-order valence-electron chi connectivity index (χ1n) is 6.31. The minimum absolute atomic E-state index is 0.144. The first-order valence-corrected chi connectivity index (χ1v) is 7.10. The number of ether oxygens (including phenoxy) is 1. The van der Waals surface area contributed by atoms with Crippen molar-refractivity contribution in [3.05, 3.63) is 52.8 Å². The Kier molecular flexibility index (Phi) is 4.93. The predicted molar refractivity (Wildman–Crippen MR) is 80.4 cm³/mol. The molecule has 0 aliphatic carbocycles. The third-order valence-corrected chi connectivity index (χ3v) is 3.38. The maximum atomic E-state index is 6.03. The van der Waals surface area contributed by atoms with Gasteiger partial charge in [0, 0.05) is 16.7 Å². The van der Waals surface area contributed by atoms with Gasteiger partial charge in [-0.3, -0.25) is 4.98 Å². The quantitative estimate of drug-likeness (QED) is 0.908. The second kappa shape index (κ2) is 6.68.